The zero-order chi connectivity index (χ0) is 21.6. The Morgan fingerprint density at radius 1 is 1.16 bits per heavy atom. The van der Waals surface area contributed by atoms with Crippen LogP contribution in [0.25, 0.3) is 10.9 Å². The zero-order valence-electron chi connectivity index (χ0n) is 17.3. The van der Waals surface area contributed by atoms with Gasteiger partial charge in [-0.3, -0.25) is 9.11 Å². The predicted molar refractivity (Wildman–Crippen MR) is 123 cm³/mol. The Kier molecular flexibility index (Phi) is 5.21. The van der Waals surface area contributed by atoms with Gasteiger partial charge >= 0.3 is 0 Å². The maximum absolute atomic E-state index is 14.3. The van der Waals surface area contributed by atoms with Crippen LogP contribution in [-0.4, -0.2) is 56.7 Å². The number of aryl methyl sites for hydroxylation is 1. The van der Waals surface area contributed by atoms with Crippen LogP contribution in [0, 0.1) is 6.92 Å². The number of rotatable bonds is 3. The smallest absolute Gasteiger partial charge is 0.228 e. The fourth-order valence-corrected chi connectivity index (χ4v) is 5.75. The molecule has 1 aromatic heterocycles. The molecule has 9 heteroatoms. The minimum absolute atomic E-state index is 0.209. The SMILES string of the molecule is Cc1ccc2nc(N3CCS(O)(O)c4ccccc4C3)nc(NC3CNCC3F)c2c1. The topological polar surface area (TPSA) is 93.5 Å². The van der Waals surface area contributed by atoms with Crippen LogP contribution < -0.4 is 15.5 Å². The molecule has 3 aromatic rings. The normalized spacial score (nSPS) is 23.9. The van der Waals surface area contributed by atoms with Crippen molar-refractivity contribution in [1.82, 2.24) is 15.3 Å². The first-order valence-electron chi connectivity index (χ1n) is 10.4. The van der Waals surface area contributed by atoms with Crippen LogP contribution in [0.2, 0.25) is 0 Å². The summed E-state index contributed by atoms with van der Waals surface area (Å²) >= 11 is 0. The largest absolute Gasteiger partial charge is 0.362 e. The first-order chi connectivity index (χ1) is 14.9. The van der Waals surface area contributed by atoms with E-state index in [1.807, 2.05) is 48.2 Å². The molecule has 0 aliphatic carbocycles. The summed E-state index contributed by atoms with van der Waals surface area (Å²) in [7, 11) is -2.87. The molecular weight excluding hydrogens is 417 g/mol. The Hall–Kier alpha value is -2.46. The molecule has 3 heterocycles. The molecule has 1 saturated heterocycles. The molecule has 0 saturated carbocycles. The van der Waals surface area contributed by atoms with Crippen molar-refractivity contribution in [2.24, 2.45) is 0 Å². The second-order valence-corrected chi connectivity index (χ2v) is 10.4. The number of alkyl halides is 1. The molecule has 0 amide bonds. The quantitative estimate of drug-likeness (QED) is 0.489. The van der Waals surface area contributed by atoms with Crippen LogP contribution in [-0.2, 0) is 6.54 Å². The zero-order valence-corrected chi connectivity index (χ0v) is 18.1. The van der Waals surface area contributed by atoms with Gasteiger partial charge in [0, 0.05) is 31.6 Å². The highest BCUT2D eigenvalue weighted by atomic mass is 32.3. The number of aromatic nitrogens is 2. The van der Waals surface area contributed by atoms with E-state index >= 15 is 0 Å². The molecule has 0 bridgehead atoms. The van der Waals surface area contributed by atoms with Gasteiger partial charge in [0.1, 0.15) is 12.0 Å². The summed E-state index contributed by atoms with van der Waals surface area (Å²) in [4.78, 5) is 12.1. The lowest BCUT2D eigenvalue weighted by Crippen LogP contribution is -2.31. The number of nitrogens with one attached hydrogen (secondary N) is 2. The maximum Gasteiger partial charge on any atom is 0.228 e. The van der Waals surface area contributed by atoms with Gasteiger partial charge < -0.3 is 15.5 Å². The van der Waals surface area contributed by atoms with Gasteiger partial charge in [0.25, 0.3) is 0 Å². The van der Waals surface area contributed by atoms with E-state index in [0.717, 1.165) is 22.0 Å². The Morgan fingerprint density at radius 3 is 2.81 bits per heavy atom. The molecule has 4 N–H and O–H groups in total. The number of benzene rings is 2. The molecule has 7 nitrogen and oxygen atoms in total. The van der Waals surface area contributed by atoms with Gasteiger partial charge in [0.2, 0.25) is 5.95 Å². The van der Waals surface area contributed by atoms with E-state index in [-0.39, 0.29) is 11.8 Å². The van der Waals surface area contributed by atoms with Crippen molar-refractivity contribution in [3.63, 3.8) is 0 Å². The first kappa shape index (κ1) is 20.4. The number of hydrogen-bond donors (Lipinski definition) is 4. The van der Waals surface area contributed by atoms with Crippen molar-refractivity contribution >= 4 is 33.3 Å². The van der Waals surface area contributed by atoms with Crippen molar-refractivity contribution in [3.8, 4) is 0 Å². The fraction of sp³-hybridized carbons (Fsp3) is 0.364. The minimum atomic E-state index is -2.87. The van der Waals surface area contributed by atoms with E-state index in [9.17, 15) is 13.5 Å². The average Bonchev–Trinajstić information content (AvgIpc) is 3.09. The van der Waals surface area contributed by atoms with Gasteiger partial charge in [-0.05, 0) is 30.7 Å². The van der Waals surface area contributed by atoms with E-state index in [1.165, 1.54) is 0 Å². The average molecular weight is 444 g/mol. The minimum Gasteiger partial charge on any atom is -0.362 e. The molecule has 5 rings (SSSR count). The van der Waals surface area contributed by atoms with Gasteiger partial charge in [-0.2, -0.15) is 15.6 Å². The molecule has 2 unspecified atom stereocenters. The van der Waals surface area contributed by atoms with Crippen LogP contribution in [0.15, 0.2) is 47.4 Å². The number of hydrogen-bond acceptors (Lipinski definition) is 7. The predicted octanol–water partition coefficient (Wildman–Crippen LogP) is 3.79. The third-order valence-corrected chi connectivity index (χ3v) is 7.77. The van der Waals surface area contributed by atoms with Crippen molar-refractivity contribution in [2.75, 3.05) is 35.6 Å². The van der Waals surface area contributed by atoms with Crippen LogP contribution in [0.3, 0.4) is 0 Å². The van der Waals surface area contributed by atoms with Crippen LogP contribution in [0.1, 0.15) is 11.1 Å². The molecule has 0 spiro atoms. The van der Waals surface area contributed by atoms with Gasteiger partial charge in [0.05, 0.1) is 22.2 Å². The molecule has 0 radical (unpaired) electrons. The van der Waals surface area contributed by atoms with Crippen LogP contribution in [0.5, 0.6) is 0 Å². The molecule has 164 valence electrons. The summed E-state index contributed by atoms with van der Waals surface area (Å²) in [5.74, 6) is 1.30. The Bertz CT molecular complexity index is 1130. The Morgan fingerprint density at radius 2 is 2.00 bits per heavy atom. The summed E-state index contributed by atoms with van der Waals surface area (Å²) in [6.07, 6.45) is -0.990. The standard InChI is InChI=1S/C22H26FN5O2S/c1-14-6-7-18-16(10-14)21(25-19-12-24-11-17(19)23)27-22(26-18)28-8-9-31(29,30)20-5-3-2-4-15(20)13-28/h2-7,10,17,19,24,29-30H,8-9,11-13H2,1H3,(H,25,26,27). The summed E-state index contributed by atoms with van der Waals surface area (Å²) in [6.45, 7) is 3.74. The third kappa shape index (κ3) is 3.94. The Balaban J connectivity index is 1.56. The molecule has 2 aliphatic heterocycles. The van der Waals surface area contributed by atoms with Gasteiger partial charge in [-0.25, -0.2) is 9.37 Å². The Labute approximate surface area is 182 Å². The molecule has 1 fully saturated rings. The summed E-state index contributed by atoms with van der Waals surface area (Å²) in [5.41, 5.74) is 2.69. The van der Waals surface area contributed by atoms with E-state index < -0.39 is 16.8 Å². The molecule has 2 atom stereocenters. The molecule has 2 aromatic carbocycles. The van der Waals surface area contributed by atoms with Crippen molar-refractivity contribution in [2.45, 2.75) is 30.6 Å². The highest BCUT2D eigenvalue weighted by molar-refractivity contribution is 8.24. The number of halogens is 1. The number of anilines is 2. The lowest BCUT2D eigenvalue weighted by molar-refractivity contribution is 0.342. The summed E-state index contributed by atoms with van der Waals surface area (Å²) in [6, 6.07) is 13.0. The summed E-state index contributed by atoms with van der Waals surface area (Å²) < 4.78 is 35.6. The van der Waals surface area contributed by atoms with E-state index in [2.05, 4.69) is 10.6 Å². The van der Waals surface area contributed by atoms with E-state index in [4.69, 9.17) is 9.97 Å². The third-order valence-electron chi connectivity index (χ3n) is 5.92. The van der Waals surface area contributed by atoms with Crippen LogP contribution >= 0.6 is 10.6 Å². The van der Waals surface area contributed by atoms with Crippen molar-refractivity contribution in [1.29, 1.82) is 0 Å². The number of fused-ring (bicyclic) bond motifs is 2. The van der Waals surface area contributed by atoms with Gasteiger partial charge in [-0.1, -0.05) is 29.8 Å². The molecule has 31 heavy (non-hydrogen) atoms. The van der Waals surface area contributed by atoms with E-state index in [1.54, 1.807) is 6.07 Å². The number of nitrogens with zero attached hydrogens (tertiary/aromatic N) is 3. The fourth-order valence-electron chi connectivity index (χ4n) is 4.20. The van der Waals surface area contributed by atoms with Crippen LogP contribution in [0.4, 0.5) is 16.2 Å². The highest BCUT2D eigenvalue weighted by Gasteiger charge is 2.29. The molecular formula is C22H26FN5O2S. The molecule has 2 aliphatic rings. The van der Waals surface area contributed by atoms with Gasteiger partial charge in [0.15, 0.2) is 0 Å². The lowest BCUT2D eigenvalue weighted by atomic mass is 10.1. The second-order valence-electron chi connectivity index (χ2n) is 8.22. The monoisotopic (exact) mass is 443 g/mol. The summed E-state index contributed by atoms with van der Waals surface area (Å²) in [5, 5.41) is 7.20. The van der Waals surface area contributed by atoms with E-state index in [0.29, 0.717) is 42.8 Å². The highest BCUT2D eigenvalue weighted by Crippen LogP contribution is 2.51. The lowest BCUT2D eigenvalue weighted by Gasteiger charge is -2.32. The second kappa shape index (κ2) is 7.90. The van der Waals surface area contributed by atoms with Gasteiger partial charge in [-0.15, -0.1) is 0 Å². The van der Waals surface area contributed by atoms with Crippen molar-refractivity contribution in [3.05, 3.63) is 53.6 Å². The first-order valence-corrected chi connectivity index (χ1v) is 12.1. The maximum atomic E-state index is 14.3. The van der Waals surface area contributed by atoms with Crippen molar-refractivity contribution < 1.29 is 13.5 Å².